The van der Waals surface area contributed by atoms with Gasteiger partial charge in [-0.1, -0.05) is 23.4 Å². The van der Waals surface area contributed by atoms with Gasteiger partial charge in [0.15, 0.2) is 17.3 Å². The van der Waals surface area contributed by atoms with Crippen molar-refractivity contribution in [1.29, 1.82) is 0 Å². The first-order valence-corrected chi connectivity index (χ1v) is 10.2. The lowest BCUT2D eigenvalue weighted by molar-refractivity contribution is -0.126. The summed E-state index contributed by atoms with van der Waals surface area (Å²) in [5, 5.41) is 6.90. The van der Waals surface area contributed by atoms with Crippen LogP contribution in [0.4, 0.5) is 5.69 Å². The molecule has 2 aliphatic heterocycles. The number of amides is 2. The molecule has 5 rings (SSSR count). The highest BCUT2D eigenvalue weighted by Gasteiger charge is 2.35. The molecule has 2 aliphatic rings. The first kappa shape index (κ1) is 19.2. The van der Waals surface area contributed by atoms with Crippen molar-refractivity contribution >= 4 is 17.5 Å². The highest BCUT2D eigenvalue weighted by molar-refractivity contribution is 6.00. The number of hydrogen-bond acceptors (Lipinski definition) is 6. The van der Waals surface area contributed by atoms with Gasteiger partial charge in [0.2, 0.25) is 11.8 Å². The molecule has 1 unspecified atom stereocenters. The van der Waals surface area contributed by atoms with Gasteiger partial charge in [0.05, 0.1) is 12.5 Å². The van der Waals surface area contributed by atoms with Crippen LogP contribution in [0.1, 0.15) is 12.1 Å². The Balaban J connectivity index is 1.20. The molecule has 1 saturated heterocycles. The van der Waals surface area contributed by atoms with E-state index in [2.05, 4.69) is 10.5 Å². The molecule has 3 aromatic rings. The van der Waals surface area contributed by atoms with E-state index >= 15 is 0 Å². The molecule has 31 heavy (non-hydrogen) atoms. The van der Waals surface area contributed by atoms with Gasteiger partial charge in [0, 0.05) is 30.3 Å². The highest BCUT2D eigenvalue weighted by Crippen LogP contribution is 2.34. The summed E-state index contributed by atoms with van der Waals surface area (Å²) in [5.74, 6) is 1.34. The number of aromatic nitrogens is 1. The molecule has 8 heteroatoms. The molecule has 3 heterocycles. The van der Waals surface area contributed by atoms with Gasteiger partial charge in [-0.3, -0.25) is 9.59 Å². The molecule has 1 aromatic heterocycles. The molecule has 1 fully saturated rings. The number of carbonyl (C=O) groups is 2. The molecule has 158 valence electrons. The summed E-state index contributed by atoms with van der Waals surface area (Å²) in [4.78, 5) is 26.6. The predicted molar refractivity (Wildman–Crippen MR) is 112 cm³/mol. The minimum Gasteiger partial charge on any atom is -0.486 e. The minimum absolute atomic E-state index is 0.0475. The number of benzene rings is 2. The summed E-state index contributed by atoms with van der Waals surface area (Å²) in [5.41, 5.74) is 2.22. The number of anilines is 1. The fourth-order valence-electron chi connectivity index (χ4n) is 3.79. The van der Waals surface area contributed by atoms with E-state index in [1.807, 2.05) is 48.5 Å². The van der Waals surface area contributed by atoms with Crippen molar-refractivity contribution in [2.45, 2.75) is 13.0 Å². The van der Waals surface area contributed by atoms with E-state index < -0.39 is 5.92 Å². The maximum atomic E-state index is 12.6. The second-order valence-corrected chi connectivity index (χ2v) is 7.50. The van der Waals surface area contributed by atoms with Crippen molar-refractivity contribution in [2.24, 2.45) is 5.92 Å². The van der Waals surface area contributed by atoms with Crippen LogP contribution in [0.2, 0.25) is 0 Å². The molecular formula is C23H21N3O5. The van der Waals surface area contributed by atoms with Gasteiger partial charge in [-0.15, -0.1) is 0 Å². The zero-order chi connectivity index (χ0) is 21.2. The lowest BCUT2D eigenvalue weighted by Crippen LogP contribution is -2.32. The first-order chi connectivity index (χ1) is 15.2. The quantitative estimate of drug-likeness (QED) is 0.684. The molecule has 0 spiro atoms. The second kappa shape index (κ2) is 8.14. The Bertz CT molecular complexity index is 1110. The molecular weight excluding hydrogens is 398 g/mol. The summed E-state index contributed by atoms with van der Waals surface area (Å²) >= 11 is 0. The number of rotatable bonds is 5. The average Bonchev–Trinajstić information content (AvgIpc) is 3.44. The Morgan fingerprint density at radius 1 is 1.06 bits per heavy atom. The first-order valence-electron chi connectivity index (χ1n) is 10.2. The minimum atomic E-state index is -0.392. The molecule has 2 aromatic carbocycles. The van der Waals surface area contributed by atoms with Crippen LogP contribution in [0, 0.1) is 5.92 Å². The van der Waals surface area contributed by atoms with E-state index in [-0.39, 0.29) is 24.8 Å². The van der Waals surface area contributed by atoms with Gasteiger partial charge in [-0.25, -0.2) is 0 Å². The number of ether oxygens (including phenoxy) is 2. The number of hydrogen-bond donors (Lipinski definition) is 1. The number of nitrogens with zero attached hydrogens (tertiary/aromatic N) is 2. The van der Waals surface area contributed by atoms with Gasteiger partial charge in [-0.05, 0) is 30.3 Å². The normalized spacial score (nSPS) is 17.6. The zero-order valence-corrected chi connectivity index (χ0v) is 16.7. The van der Waals surface area contributed by atoms with Crippen LogP contribution in [0.5, 0.6) is 11.5 Å². The van der Waals surface area contributed by atoms with E-state index in [1.165, 1.54) is 0 Å². The molecule has 0 aliphatic carbocycles. The maximum absolute atomic E-state index is 12.6. The van der Waals surface area contributed by atoms with E-state index in [1.54, 1.807) is 11.0 Å². The van der Waals surface area contributed by atoms with Crippen molar-refractivity contribution in [3.8, 4) is 22.8 Å². The SMILES string of the molecule is O=C(NCc1cc(-c2ccc3c(c2)OCCO3)on1)C1CC(=O)N(c2ccccc2)C1. The monoisotopic (exact) mass is 419 g/mol. The third-order valence-corrected chi connectivity index (χ3v) is 5.39. The number of nitrogens with one attached hydrogen (secondary N) is 1. The van der Waals surface area contributed by atoms with E-state index in [4.69, 9.17) is 14.0 Å². The maximum Gasteiger partial charge on any atom is 0.227 e. The number of para-hydroxylation sites is 1. The van der Waals surface area contributed by atoms with Crippen molar-refractivity contribution in [3.05, 3.63) is 60.3 Å². The van der Waals surface area contributed by atoms with Crippen molar-refractivity contribution in [1.82, 2.24) is 10.5 Å². The van der Waals surface area contributed by atoms with Crippen molar-refractivity contribution in [3.63, 3.8) is 0 Å². The summed E-state index contributed by atoms with van der Waals surface area (Å²) < 4.78 is 16.6. The molecule has 0 bridgehead atoms. The predicted octanol–water partition coefficient (Wildman–Crippen LogP) is 2.78. The van der Waals surface area contributed by atoms with E-state index in [0.29, 0.717) is 42.7 Å². The zero-order valence-electron chi connectivity index (χ0n) is 16.7. The third kappa shape index (κ3) is 3.96. The fourth-order valence-corrected chi connectivity index (χ4v) is 3.79. The topological polar surface area (TPSA) is 93.9 Å². The standard InChI is InChI=1S/C23H21N3O5/c27-22-11-16(14-26(22)18-4-2-1-3-5-18)23(28)24-13-17-12-20(31-25-17)15-6-7-19-21(10-15)30-9-8-29-19/h1-7,10,12,16H,8-9,11,13-14H2,(H,24,28). The Morgan fingerprint density at radius 2 is 1.87 bits per heavy atom. The number of fused-ring (bicyclic) bond motifs is 1. The summed E-state index contributed by atoms with van der Waals surface area (Å²) in [6, 6.07) is 16.7. The Morgan fingerprint density at radius 3 is 2.71 bits per heavy atom. The third-order valence-electron chi connectivity index (χ3n) is 5.39. The van der Waals surface area contributed by atoms with Gasteiger partial charge >= 0.3 is 0 Å². The number of carbonyl (C=O) groups excluding carboxylic acids is 2. The smallest absolute Gasteiger partial charge is 0.227 e. The molecule has 0 radical (unpaired) electrons. The van der Waals surface area contributed by atoms with Crippen LogP contribution in [0.3, 0.4) is 0 Å². The largest absolute Gasteiger partial charge is 0.486 e. The molecule has 1 N–H and O–H groups in total. The lowest BCUT2D eigenvalue weighted by Gasteiger charge is -2.18. The van der Waals surface area contributed by atoms with E-state index in [0.717, 1.165) is 11.3 Å². The van der Waals surface area contributed by atoms with Crippen LogP contribution in [-0.2, 0) is 16.1 Å². The average molecular weight is 419 g/mol. The van der Waals surface area contributed by atoms with Gasteiger partial charge < -0.3 is 24.2 Å². The Kier molecular flexibility index (Phi) is 5.03. The van der Waals surface area contributed by atoms with Crippen LogP contribution in [0.15, 0.2) is 59.1 Å². The summed E-state index contributed by atoms with van der Waals surface area (Å²) in [6.07, 6.45) is 0.196. The van der Waals surface area contributed by atoms with Gasteiger partial charge in [-0.2, -0.15) is 0 Å². The fraction of sp³-hybridized carbons (Fsp3) is 0.261. The Hall–Kier alpha value is -3.81. The molecule has 2 amide bonds. The van der Waals surface area contributed by atoms with Crippen LogP contribution < -0.4 is 19.7 Å². The van der Waals surface area contributed by atoms with E-state index in [9.17, 15) is 9.59 Å². The summed E-state index contributed by atoms with van der Waals surface area (Å²) in [6.45, 7) is 1.64. The van der Waals surface area contributed by atoms with Gasteiger partial charge in [0.25, 0.3) is 0 Å². The van der Waals surface area contributed by atoms with Crippen molar-refractivity contribution < 1.29 is 23.6 Å². The van der Waals surface area contributed by atoms with Crippen LogP contribution in [-0.4, -0.2) is 36.7 Å². The molecule has 8 nitrogen and oxygen atoms in total. The highest BCUT2D eigenvalue weighted by atomic mass is 16.6. The molecule has 1 atom stereocenters. The Labute approximate surface area is 178 Å². The van der Waals surface area contributed by atoms with Crippen LogP contribution >= 0.6 is 0 Å². The van der Waals surface area contributed by atoms with Crippen LogP contribution in [0.25, 0.3) is 11.3 Å². The van der Waals surface area contributed by atoms with Crippen molar-refractivity contribution in [2.75, 3.05) is 24.7 Å². The lowest BCUT2D eigenvalue weighted by atomic mass is 10.1. The second-order valence-electron chi connectivity index (χ2n) is 7.50. The summed E-state index contributed by atoms with van der Waals surface area (Å²) in [7, 11) is 0. The van der Waals surface area contributed by atoms with Gasteiger partial charge in [0.1, 0.15) is 18.9 Å². The molecule has 0 saturated carbocycles.